The minimum absolute atomic E-state index is 0.386. The smallest absolute Gasteiger partial charge is 0.227 e. The van der Waals surface area contributed by atoms with E-state index in [9.17, 15) is 0 Å². The molecule has 0 aromatic carbocycles. The Balaban J connectivity index is 2.28. The molecular formula is C12H17N5. The van der Waals surface area contributed by atoms with Crippen LogP contribution < -0.4 is 10.6 Å². The SMILES string of the molecule is Cc1cc(C#N)nc(N2CC(CN)CC2C)n1. The van der Waals surface area contributed by atoms with Gasteiger partial charge in [0.2, 0.25) is 5.95 Å². The molecule has 2 atom stereocenters. The molecule has 1 aromatic heterocycles. The number of nitriles is 1. The van der Waals surface area contributed by atoms with E-state index in [1.54, 1.807) is 6.07 Å². The van der Waals surface area contributed by atoms with Crippen molar-refractivity contribution in [2.24, 2.45) is 11.7 Å². The molecule has 2 unspecified atom stereocenters. The third kappa shape index (κ3) is 2.37. The molecule has 0 bridgehead atoms. The summed E-state index contributed by atoms with van der Waals surface area (Å²) in [5.41, 5.74) is 6.96. The van der Waals surface area contributed by atoms with Gasteiger partial charge < -0.3 is 10.6 Å². The number of nitrogens with two attached hydrogens (primary N) is 1. The molecule has 17 heavy (non-hydrogen) atoms. The first-order valence-electron chi connectivity index (χ1n) is 5.86. The predicted octanol–water partition coefficient (Wildman–Crippen LogP) is 0.830. The molecule has 0 radical (unpaired) electrons. The van der Waals surface area contributed by atoms with Crippen molar-refractivity contribution in [1.29, 1.82) is 5.26 Å². The number of hydrogen-bond donors (Lipinski definition) is 1. The highest BCUT2D eigenvalue weighted by Crippen LogP contribution is 2.26. The van der Waals surface area contributed by atoms with E-state index in [0.29, 0.717) is 30.1 Å². The van der Waals surface area contributed by atoms with E-state index in [1.165, 1.54) is 0 Å². The number of hydrogen-bond acceptors (Lipinski definition) is 5. The van der Waals surface area contributed by atoms with E-state index in [4.69, 9.17) is 11.0 Å². The lowest BCUT2D eigenvalue weighted by atomic mass is 10.1. The van der Waals surface area contributed by atoms with Crippen LogP contribution >= 0.6 is 0 Å². The molecule has 1 saturated heterocycles. The van der Waals surface area contributed by atoms with Crippen LogP contribution in [-0.4, -0.2) is 29.1 Å². The highest BCUT2D eigenvalue weighted by molar-refractivity contribution is 5.38. The standard InChI is InChI=1S/C12H17N5/c1-8-3-11(6-14)16-12(15-8)17-7-10(5-13)4-9(17)2/h3,9-10H,4-5,7,13H2,1-2H3. The van der Waals surface area contributed by atoms with Gasteiger partial charge in [0.1, 0.15) is 11.8 Å². The summed E-state index contributed by atoms with van der Waals surface area (Å²) in [5, 5.41) is 8.91. The van der Waals surface area contributed by atoms with Crippen LogP contribution in [0.15, 0.2) is 6.07 Å². The van der Waals surface area contributed by atoms with Crippen LogP contribution in [0.2, 0.25) is 0 Å². The Hall–Kier alpha value is -1.67. The van der Waals surface area contributed by atoms with Gasteiger partial charge in [-0.3, -0.25) is 0 Å². The Morgan fingerprint density at radius 3 is 2.94 bits per heavy atom. The number of aryl methyl sites for hydroxylation is 1. The molecular weight excluding hydrogens is 214 g/mol. The third-order valence-corrected chi connectivity index (χ3v) is 3.21. The molecule has 1 fully saturated rings. The molecule has 1 aromatic rings. The zero-order valence-electron chi connectivity index (χ0n) is 10.2. The zero-order chi connectivity index (χ0) is 12.4. The molecule has 2 rings (SSSR count). The molecule has 0 saturated carbocycles. The number of aromatic nitrogens is 2. The average molecular weight is 231 g/mol. The van der Waals surface area contributed by atoms with Crippen LogP contribution in [0, 0.1) is 24.2 Å². The summed E-state index contributed by atoms with van der Waals surface area (Å²) < 4.78 is 0. The first kappa shape index (κ1) is 11.8. The van der Waals surface area contributed by atoms with E-state index < -0.39 is 0 Å². The Morgan fingerprint density at radius 2 is 2.35 bits per heavy atom. The summed E-state index contributed by atoms with van der Waals surface area (Å²) in [6.45, 7) is 5.60. The van der Waals surface area contributed by atoms with Gasteiger partial charge in [0.15, 0.2) is 0 Å². The van der Waals surface area contributed by atoms with Gasteiger partial charge in [-0.15, -0.1) is 0 Å². The second kappa shape index (κ2) is 4.68. The van der Waals surface area contributed by atoms with Crippen molar-refractivity contribution in [2.45, 2.75) is 26.3 Å². The van der Waals surface area contributed by atoms with Crippen molar-refractivity contribution >= 4 is 5.95 Å². The summed E-state index contributed by atoms with van der Waals surface area (Å²) >= 11 is 0. The molecule has 5 heteroatoms. The lowest BCUT2D eigenvalue weighted by Crippen LogP contribution is -2.29. The van der Waals surface area contributed by atoms with Crippen LogP contribution in [0.4, 0.5) is 5.95 Å². The molecule has 90 valence electrons. The van der Waals surface area contributed by atoms with Gasteiger partial charge in [-0.2, -0.15) is 5.26 Å². The van der Waals surface area contributed by atoms with Crippen molar-refractivity contribution in [3.63, 3.8) is 0 Å². The number of anilines is 1. The van der Waals surface area contributed by atoms with Crippen molar-refractivity contribution < 1.29 is 0 Å². The second-order valence-electron chi connectivity index (χ2n) is 4.65. The van der Waals surface area contributed by atoms with Gasteiger partial charge in [0.25, 0.3) is 0 Å². The largest absolute Gasteiger partial charge is 0.338 e. The Labute approximate surface area is 101 Å². The summed E-state index contributed by atoms with van der Waals surface area (Å²) in [6, 6.07) is 4.15. The first-order chi connectivity index (χ1) is 8.13. The maximum absolute atomic E-state index is 8.91. The fourth-order valence-electron chi connectivity index (χ4n) is 2.33. The molecule has 0 spiro atoms. The van der Waals surface area contributed by atoms with E-state index in [-0.39, 0.29) is 0 Å². The van der Waals surface area contributed by atoms with E-state index in [0.717, 1.165) is 18.7 Å². The van der Waals surface area contributed by atoms with Crippen molar-refractivity contribution in [2.75, 3.05) is 18.0 Å². The Kier molecular flexibility index (Phi) is 3.25. The van der Waals surface area contributed by atoms with Crippen LogP contribution in [0.3, 0.4) is 0 Å². The van der Waals surface area contributed by atoms with Crippen LogP contribution in [0.1, 0.15) is 24.7 Å². The van der Waals surface area contributed by atoms with Gasteiger partial charge in [-0.05, 0) is 38.8 Å². The lowest BCUT2D eigenvalue weighted by molar-refractivity contribution is 0.579. The molecule has 5 nitrogen and oxygen atoms in total. The number of nitrogens with zero attached hydrogens (tertiary/aromatic N) is 4. The van der Waals surface area contributed by atoms with Crippen molar-refractivity contribution in [3.8, 4) is 6.07 Å². The second-order valence-corrected chi connectivity index (χ2v) is 4.65. The maximum atomic E-state index is 8.91. The molecule has 2 heterocycles. The minimum atomic E-state index is 0.386. The maximum Gasteiger partial charge on any atom is 0.227 e. The number of rotatable bonds is 2. The van der Waals surface area contributed by atoms with Crippen molar-refractivity contribution in [3.05, 3.63) is 17.5 Å². The Bertz CT molecular complexity index is 451. The minimum Gasteiger partial charge on any atom is -0.338 e. The van der Waals surface area contributed by atoms with Crippen molar-refractivity contribution in [1.82, 2.24) is 9.97 Å². The summed E-state index contributed by atoms with van der Waals surface area (Å²) in [6.07, 6.45) is 1.07. The lowest BCUT2D eigenvalue weighted by Gasteiger charge is -2.21. The van der Waals surface area contributed by atoms with E-state index in [1.807, 2.05) is 6.92 Å². The van der Waals surface area contributed by atoms with Crippen LogP contribution in [0.5, 0.6) is 0 Å². The van der Waals surface area contributed by atoms with Gasteiger partial charge in [-0.1, -0.05) is 0 Å². The zero-order valence-corrected chi connectivity index (χ0v) is 10.2. The molecule has 1 aliphatic heterocycles. The quantitative estimate of drug-likeness (QED) is 0.815. The van der Waals surface area contributed by atoms with Crippen LogP contribution in [0.25, 0.3) is 0 Å². The van der Waals surface area contributed by atoms with Gasteiger partial charge >= 0.3 is 0 Å². The third-order valence-electron chi connectivity index (χ3n) is 3.21. The van der Waals surface area contributed by atoms with E-state index >= 15 is 0 Å². The summed E-state index contributed by atoms with van der Waals surface area (Å²) in [4.78, 5) is 10.8. The van der Waals surface area contributed by atoms with Crippen LogP contribution in [-0.2, 0) is 0 Å². The molecule has 1 aliphatic rings. The first-order valence-corrected chi connectivity index (χ1v) is 5.86. The average Bonchev–Trinajstić information content (AvgIpc) is 2.69. The normalized spacial score (nSPS) is 23.8. The molecule has 0 amide bonds. The molecule has 2 N–H and O–H groups in total. The fourth-order valence-corrected chi connectivity index (χ4v) is 2.33. The van der Waals surface area contributed by atoms with E-state index in [2.05, 4.69) is 27.9 Å². The summed E-state index contributed by atoms with van der Waals surface area (Å²) in [7, 11) is 0. The summed E-state index contributed by atoms with van der Waals surface area (Å²) in [5.74, 6) is 1.16. The van der Waals surface area contributed by atoms with Gasteiger partial charge in [-0.25, -0.2) is 9.97 Å². The molecule has 0 aliphatic carbocycles. The highest BCUT2D eigenvalue weighted by atomic mass is 15.3. The predicted molar refractivity (Wildman–Crippen MR) is 65.5 cm³/mol. The monoisotopic (exact) mass is 231 g/mol. The topological polar surface area (TPSA) is 78.8 Å². The fraction of sp³-hybridized carbons (Fsp3) is 0.583. The van der Waals surface area contributed by atoms with Gasteiger partial charge in [0.05, 0.1) is 0 Å². The highest BCUT2D eigenvalue weighted by Gasteiger charge is 2.30. The van der Waals surface area contributed by atoms with Gasteiger partial charge in [0, 0.05) is 18.3 Å². The Morgan fingerprint density at radius 1 is 1.59 bits per heavy atom.